The number of nitrogens with one attached hydrogen (secondary N) is 2. The molecule has 1 amide bonds. The summed E-state index contributed by atoms with van der Waals surface area (Å²) in [7, 11) is 1.56. The molecule has 1 aromatic rings. The number of aromatic nitrogens is 1. The molecule has 0 aliphatic carbocycles. The third kappa shape index (κ3) is 1.89. The van der Waals surface area contributed by atoms with E-state index < -0.39 is 0 Å². The number of nitrogen functional groups attached to an aromatic ring is 1. The van der Waals surface area contributed by atoms with Crippen LogP contribution >= 0.6 is 11.5 Å². The van der Waals surface area contributed by atoms with Crippen LogP contribution in [0, 0.1) is 0 Å². The van der Waals surface area contributed by atoms with Gasteiger partial charge in [-0.05, 0) is 18.5 Å². The van der Waals surface area contributed by atoms with Gasteiger partial charge in [0.1, 0.15) is 10.6 Å². The second kappa shape index (κ2) is 4.08. The highest BCUT2D eigenvalue weighted by atomic mass is 32.1. The number of anilines is 2. The maximum absolute atomic E-state index is 11.3. The average Bonchev–Trinajstić information content (AvgIpc) is 2.47. The lowest BCUT2D eigenvalue weighted by atomic mass is 10.3. The van der Waals surface area contributed by atoms with E-state index in [1.807, 2.05) is 6.92 Å². The molecule has 13 heavy (non-hydrogen) atoms. The Bertz CT molecular complexity index is 309. The second-order valence-electron chi connectivity index (χ2n) is 2.38. The van der Waals surface area contributed by atoms with Gasteiger partial charge in [-0.3, -0.25) is 4.79 Å². The number of rotatable bonds is 3. The van der Waals surface area contributed by atoms with Gasteiger partial charge in [0, 0.05) is 13.6 Å². The lowest BCUT2D eigenvalue weighted by Gasteiger charge is -2.02. The van der Waals surface area contributed by atoms with Gasteiger partial charge in [-0.15, -0.1) is 0 Å². The zero-order valence-corrected chi connectivity index (χ0v) is 8.36. The molecule has 5 nitrogen and oxygen atoms in total. The van der Waals surface area contributed by atoms with E-state index in [1.54, 1.807) is 7.05 Å². The molecule has 0 aromatic carbocycles. The van der Waals surface area contributed by atoms with Crippen molar-refractivity contribution in [1.29, 1.82) is 0 Å². The summed E-state index contributed by atoms with van der Waals surface area (Å²) < 4.78 is 3.90. The summed E-state index contributed by atoms with van der Waals surface area (Å²) in [6.45, 7) is 2.69. The molecule has 0 fully saturated rings. The molecule has 0 atom stereocenters. The summed E-state index contributed by atoms with van der Waals surface area (Å²) in [6, 6.07) is 0. The molecule has 0 unspecified atom stereocenters. The zero-order valence-electron chi connectivity index (χ0n) is 7.55. The van der Waals surface area contributed by atoms with E-state index >= 15 is 0 Å². The first-order chi connectivity index (χ1) is 6.20. The van der Waals surface area contributed by atoms with Crippen molar-refractivity contribution in [2.75, 3.05) is 24.6 Å². The van der Waals surface area contributed by atoms with E-state index in [0.29, 0.717) is 5.56 Å². The number of carbonyl (C=O) groups is 1. The van der Waals surface area contributed by atoms with E-state index in [0.717, 1.165) is 11.5 Å². The van der Waals surface area contributed by atoms with Crippen LogP contribution < -0.4 is 16.4 Å². The van der Waals surface area contributed by atoms with Crippen molar-refractivity contribution >= 4 is 28.3 Å². The Hall–Kier alpha value is -1.30. The molecule has 0 aliphatic heterocycles. The van der Waals surface area contributed by atoms with Crippen molar-refractivity contribution < 1.29 is 4.79 Å². The molecular weight excluding hydrogens is 188 g/mol. The van der Waals surface area contributed by atoms with Crippen molar-refractivity contribution in [3.63, 3.8) is 0 Å². The molecule has 4 N–H and O–H groups in total. The van der Waals surface area contributed by atoms with Crippen LogP contribution in [0.4, 0.5) is 10.8 Å². The molecule has 0 saturated heterocycles. The molecule has 0 radical (unpaired) electrons. The fraction of sp³-hybridized carbons (Fsp3) is 0.429. The highest BCUT2D eigenvalue weighted by Crippen LogP contribution is 2.25. The topological polar surface area (TPSA) is 80.0 Å². The van der Waals surface area contributed by atoms with Crippen molar-refractivity contribution in [2.45, 2.75) is 6.92 Å². The Morgan fingerprint density at radius 2 is 2.38 bits per heavy atom. The fourth-order valence-electron chi connectivity index (χ4n) is 0.928. The van der Waals surface area contributed by atoms with Crippen LogP contribution in [0.25, 0.3) is 0 Å². The summed E-state index contributed by atoms with van der Waals surface area (Å²) in [5.41, 5.74) is 5.99. The first-order valence-electron chi connectivity index (χ1n) is 3.91. The monoisotopic (exact) mass is 200 g/mol. The number of hydrogen-bond acceptors (Lipinski definition) is 5. The molecular formula is C7H12N4OS. The first kappa shape index (κ1) is 9.79. The molecule has 0 bridgehead atoms. The minimum absolute atomic E-state index is 0.206. The maximum Gasteiger partial charge on any atom is 0.257 e. The highest BCUT2D eigenvalue weighted by molar-refractivity contribution is 7.11. The van der Waals surface area contributed by atoms with Crippen molar-refractivity contribution in [2.24, 2.45) is 0 Å². The lowest BCUT2D eigenvalue weighted by Crippen LogP contribution is -2.19. The molecule has 6 heteroatoms. The van der Waals surface area contributed by atoms with Gasteiger partial charge < -0.3 is 16.4 Å². The predicted molar refractivity (Wildman–Crippen MR) is 54.1 cm³/mol. The quantitative estimate of drug-likeness (QED) is 0.664. The fourth-order valence-corrected chi connectivity index (χ4v) is 1.71. The van der Waals surface area contributed by atoms with E-state index in [4.69, 9.17) is 5.73 Å². The summed E-state index contributed by atoms with van der Waals surface area (Å²) >= 11 is 1.20. The molecule has 72 valence electrons. The third-order valence-corrected chi connectivity index (χ3v) is 2.33. The third-order valence-electron chi connectivity index (χ3n) is 1.51. The van der Waals surface area contributed by atoms with Crippen molar-refractivity contribution in [3.8, 4) is 0 Å². The van der Waals surface area contributed by atoms with Crippen LogP contribution in [0.2, 0.25) is 0 Å². The van der Waals surface area contributed by atoms with Crippen LogP contribution in [0.3, 0.4) is 0 Å². The van der Waals surface area contributed by atoms with Gasteiger partial charge >= 0.3 is 0 Å². The van der Waals surface area contributed by atoms with E-state index in [9.17, 15) is 4.79 Å². The molecule has 0 saturated carbocycles. The molecule has 1 rings (SSSR count). The van der Waals surface area contributed by atoms with Gasteiger partial charge in [-0.2, -0.15) is 4.37 Å². The SMILES string of the molecule is CCNc1snc(N)c1C(=O)NC. The van der Waals surface area contributed by atoms with Crippen molar-refractivity contribution in [1.82, 2.24) is 9.69 Å². The van der Waals surface area contributed by atoms with Crippen molar-refractivity contribution in [3.05, 3.63) is 5.56 Å². The van der Waals surface area contributed by atoms with Gasteiger partial charge in [-0.1, -0.05) is 0 Å². The summed E-state index contributed by atoms with van der Waals surface area (Å²) in [6.07, 6.45) is 0. The van der Waals surface area contributed by atoms with Crippen LogP contribution in [-0.2, 0) is 0 Å². The molecule has 1 heterocycles. The standard InChI is InChI=1S/C7H12N4OS/c1-3-10-7-4(6(12)9-2)5(8)11-13-7/h10H,3H2,1-2H3,(H2,8,11)(H,9,12). The van der Waals surface area contributed by atoms with Crippen LogP contribution in [0.15, 0.2) is 0 Å². The smallest absolute Gasteiger partial charge is 0.257 e. The Morgan fingerprint density at radius 3 is 2.92 bits per heavy atom. The minimum Gasteiger partial charge on any atom is -0.382 e. The molecule has 1 aromatic heterocycles. The van der Waals surface area contributed by atoms with Gasteiger partial charge in [0.15, 0.2) is 5.82 Å². The first-order valence-corrected chi connectivity index (χ1v) is 4.69. The number of amides is 1. The molecule has 0 spiro atoms. The number of carbonyl (C=O) groups excluding carboxylic acids is 1. The van der Waals surface area contributed by atoms with Gasteiger partial charge in [0.05, 0.1) is 0 Å². The van der Waals surface area contributed by atoms with Gasteiger partial charge in [-0.25, -0.2) is 0 Å². The Kier molecular flexibility index (Phi) is 3.07. The van der Waals surface area contributed by atoms with Gasteiger partial charge in [0.25, 0.3) is 5.91 Å². The second-order valence-corrected chi connectivity index (χ2v) is 3.15. The van der Waals surface area contributed by atoms with Crippen LogP contribution in [-0.4, -0.2) is 23.9 Å². The van der Waals surface area contributed by atoms with E-state index in [2.05, 4.69) is 15.0 Å². The maximum atomic E-state index is 11.3. The number of nitrogens with zero attached hydrogens (tertiary/aromatic N) is 1. The summed E-state index contributed by atoms with van der Waals surface area (Å²) in [4.78, 5) is 11.3. The molecule has 0 aliphatic rings. The average molecular weight is 200 g/mol. The number of hydrogen-bond donors (Lipinski definition) is 3. The number of nitrogens with two attached hydrogens (primary N) is 1. The highest BCUT2D eigenvalue weighted by Gasteiger charge is 2.17. The Labute approximate surface area is 80.5 Å². The zero-order chi connectivity index (χ0) is 9.84. The van der Waals surface area contributed by atoms with Gasteiger partial charge in [0.2, 0.25) is 0 Å². The predicted octanol–water partition coefficient (Wildman–Crippen LogP) is 0.517. The van der Waals surface area contributed by atoms with Crippen LogP contribution in [0.1, 0.15) is 17.3 Å². The summed E-state index contributed by atoms with van der Waals surface area (Å²) in [5.74, 6) is 0.0718. The lowest BCUT2D eigenvalue weighted by molar-refractivity contribution is 0.0965. The van der Waals surface area contributed by atoms with E-state index in [1.165, 1.54) is 11.5 Å². The Balaban J connectivity index is 3.01. The largest absolute Gasteiger partial charge is 0.382 e. The van der Waals surface area contributed by atoms with Crippen LogP contribution in [0.5, 0.6) is 0 Å². The normalized spacial score (nSPS) is 9.69. The minimum atomic E-state index is -0.206. The van der Waals surface area contributed by atoms with E-state index in [-0.39, 0.29) is 11.7 Å². The summed E-state index contributed by atoms with van der Waals surface area (Å²) in [5, 5.41) is 6.26. The Morgan fingerprint density at radius 1 is 1.69 bits per heavy atom.